The van der Waals surface area contributed by atoms with Crippen molar-refractivity contribution in [3.05, 3.63) is 30.1 Å². The number of alkyl halides is 1. The normalized spacial score (nSPS) is 24.6. The quantitative estimate of drug-likeness (QED) is 0.772. The summed E-state index contributed by atoms with van der Waals surface area (Å²) in [4.78, 5) is 5.44. The van der Waals surface area contributed by atoms with Crippen LogP contribution in [0.15, 0.2) is 24.3 Å². The Hall–Kier alpha value is -0.830. The Morgan fingerprint density at radius 3 is 2.88 bits per heavy atom. The Kier molecular flexibility index (Phi) is 2.95. The van der Waals surface area contributed by atoms with Crippen LogP contribution in [0.3, 0.4) is 0 Å². The van der Waals surface area contributed by atoms with E-state index in [1.54, 1.807) is 0 Å². The Bertz CT molecular complexity index is 532. The highest BCUT2D eigenvalue weighted by atomic mass is 79.9. The van der Waals surface area contributed by atoms with Gasteiger partial charge >= 0.3 is 0 Å². The van der Waals surface area contributed by atoms with Gasteiger partial charge in [-0.15, -0.1) is 0 Å². The Morgan fingerprint density at radius 1 is 1.35 bits per heavy atom. The number of rotatable bonds is 2. The van der Waals surface area contributed by atoms with E-state index in [0.29, 0.717) is 4.83 Å². The molecule has 0 aliphatic heterocycles. The van der Waals surface area contributed by atoms with Gasteiger partial charge in [-0.1, -0.05) is 34.5 Å². The minimum Gasteiger partial charge on any atom is -0.331 e. The van der Waals surface area contributed by atoms with Gasteiger partial charge in [-0.05, 0) is 30.9 Å². The molecule has 1 aliphatic rings. The topological polar surface area (TPSA) is 17.8 Å². The van der Waals surface area contributed by atoms with E-state index in [1.807, 2.05) is 0 Å². The number of benzene rings is 1. The summed E-state index contributed by atoms with van der Waals surface area (Å²) in [5.41, 5.74) is 2.36. The second-order valence-electron chi connectivity index (χ2n) is 4.99. The van der Waals surface area contributed by atoms with Gasteiger partial charge in [0.05, 0.1) is 11.0 Å². The van der Waals surface area contributed by atoms with E-state index in [0.717, 1.165) is 17.9 Å². The van der Waals surface area contributed by atoms with Gasteiger partial charge in [0.1, 0.15) is 5.82 Å². The van der Waals surface area contributed by atoms with Gasteiger partial charge < -0.3 is 4.57 Å². The number of fused-ring (bicyclic) bond motifs is 1. The van der Waals surface area contributed by atoms with Crippen molar-refractivity contribution in [2.45, 2.75) is 30.5 Å². The third-order valence-corrected chi connectivity index (χ3v) is 5.10. The van der Waals surface area contributed by atoms with Gasteiger partial charge in [-0.2, -0.15) is 0 Å². The predicted molar refractivity (Wildman–Crippen MR) is 74.5 cm³/mol. The molecule has 90 valence electrons. The van der Waals surface area contributed by atoms with Gasteiger partial charge in [0.15, 0.2) is 0 Å². The molecule has 0 amide bonds. The molecule has 3 rings (SSSR count). The molecule has 0 saturated heterocycles. The summed E-state index contributed by atoms with van der Waals surface area (Å²) in [6, 6.07) is 8.38. The fraction of sp³-hybridized carbons (Fsp3) is 0.500. The average Bonchev–Trinajstić information content (AvgIpc) is 2.87. The molecule has 0 N–H and O–H groups in total. The first kappa shape index (κ1) is 11.3. The number of hydrogen-bond acceptors (Lipinski definition) is 1. The van der Waals surface area contributed by atoms with E-state index in [1.165, 1.54) is 30.6 Å². The van der Waals surface area contributed by atoms with Gasteiger partial charge in [-0.25, -0.2) is 4.98 Å². The molecule has 2 nitrogen and oxygen atoms in total. The molecule has 3 heteroatoms. The van der Waals surface area contributed by atoms with E-state index >= 15 is 0 Å². The highest BCUT2D eigenvalue weighted by Gasteiger charge is 2.26. The maximum absolute atomic E-state index is 4.75. The highest BCUT2D eigenvalue weighted by Crippen LogP contribution is 2.34. The Morgan fingerprint density at radius 2 is 2.18 bits per heavy atom. The summed E-state index contributed by atoms with van der Waals surface area (Å²) in [6.07, 6.45) is 5.10. The molecular formula is C14H17BrN2. The zero-order valence-corrected chi connectivity index (χ0v) is 11.7. The molecule has 0 radical (unpaired) electrons. The van der Waals surface area contributed by atoms with Crippen LogP contribution in [-0.2, 0) is 13.5 Å². The van der Waals surface area contributed by atoms with Gasteiger partial charge in [0, 0.05) is 18.3 Å². The third kappa shape index (κ3) is 2.01. The lowest BCUT2D eigenvalue weighted by Crippen LogP contribution is -2.12. The number of halogens is 1. The van der Waals surface area contributed by atoms with Crippen molar-refractivity contribution in [3.8, 4) is 0 Å². The largest absolute Gasteiger partial charge is 0.331 e. The maximum Gasteiger partial charge on any atom is 0.109 e. The third-order valence-electron chi connectivity index (χ3n) is 3.89. The summed E-state index contributed by atoms with van der Waals surface area (Å²) >= 11 is 3.79. The first-order valence-corrected chi connectivity index (χ1v) is 7.21. The number of hydrogen-bond donors (Lipinski definition) is 0. The molecule has 2 unspecified atom stereocenters. The van der Waals surface area contributed by atoms with E-state index in [-0.39, 0.29) is 0 Å². The molecule has 1 heterocycles. The fourth-order valence-corrected chi connectivity index (χ4v) is 3.61. The monoisotopic (exact) mass is 292 g/mol. The molecule has 1 saturated carbocycles. The number of nitrogens with zero attached hydrogens (tertiary/aromatic N) is 2. The minimum absolute atomic E-state index is 0.683. The van der Waals surface area contributed by atoms with E-state index in [2.05, 4.69) is 51.8 Å². The van der Waals surface area contributed by atoms with Crippen molar-refractivity contribution in [2.24, 2.45) is 13.0 Å². The van der Waals surface area contributed by atoms with Crippen LogP contribution in [0.1, 0.15) is 25.1 Å². The van der Waals surface area contributed by atoms with Gasteiger partial charge in [-0.3, -0.25) is 0 Å². The number of aryl methyl sites for hydroxylation is 1. The molecule has 1 aromatic carbocycles. The van der Waals surface area contributed by atoms with Crippen LogP contribution in [0.25, 0.3) is 11.0 Å². The zero-order chi connectivity index (χ0) is 11.8. The maximum atomic E-state index is 4.75. The van der Waals surface area contributed by atoms with E-state index in [4.69, 9.17) is 4.98 Å². The van der Waals surface area contributed by atoms with Gasteiger partial charge in [0.2, 0.25) is 0 Å². The summed E-state index contributed by atoms with van der Waals surface area (Å²) in [7, 11) is 2.13. The predicted octanol–water partition coefficient (Wildman–Crippen LogP) is 3.68. The van der Waals surface area contributed by atoms with Crippen LogP contribution in [0.4, 0.5) is 0 Å². The van der Waals surface area contributed by atoms with Crippen molar-refractivity contribution in [1.82, 2.24) is 9.55 Å². The molecule has 0 bridgehead atoms. The van der Waals surface area contributed by atoms with Crippen LogP contribution >= 0.6 is 15.9 Å². The van der Waals surface area contributed by atoms with Crippen molar-refractivity contribution >= 4 is 27.0 Å². The second-order valence-corrected chi connectivity index (χ2v) is 6.16. The highest BCUT2D eigenvalue weighted by molar-refractivity contribution is 9.09. The number of aromatic nitrogens is 2. The number of imidazole rings is 1. The lowest BCUT2D eigenvalue weighted by Gasteiger charge is -2.13. The van der Waals surface area contributed by atoms with Crippen LogP contribution in [0.5, 0.6) is 0 Å². The minimum atomic E-state index is 0.683. The van der Waals surface area contributed by atoms with Crippen LogP contribution in [-0.4, -0.2) is 14.4 Å². The fourth-order valence-electron chi connectivity index (χ4n) is 2.83. The molecular weight excluding hydrogens is 276 g/mol. The first-order valence-electron chi connectivity index (χ1n) is 6.30. The lowest BCUT2D eigenvalue weighted by atomic mass is 10.0. The molecule has 17 heavy (non-hydrogen) atoms. The number of para-hydroxylation sites is 2. The van der Waals surface area contributed by atoms with Crippen molar-refractivity contribution < 1.29 is 0 Å². The first-order chi connectivity index (χ1) is 8.25. The smallest absolute Gasteiger partial charge is 0.109 e. The molecule has 2 aromatic rings. The van der Waals surface area contributed by atoms with E-state index in [9.17, 15) is 0 Å². The summed E-state index contributed by atoms with van der Waals surface area (Å²) in [6.45, 7) is 0. The standard InChI is InChI=1S/C14H17BrN2/c1-17-13-8-3-2-7-12(13)16-14(17)9-10-5-4-6-11(10)15/h2-3,7-8,10-11H,4-6,9H2,1H3. The van der Waals surface area contributed by atoms with Crippen LogP contribution < -0.4 is 0 Å². The van der Waals surface area contributed by atoms with Crippen molar-refractivity contribution in [2.75, 3.05) is 0 Å². The summed E-state index contributed by atoms with van der Waals surface area (Å²) < 4.78 is 2.24. The summed E-state index contributed by atoms with van der Waals surface area (Å²) in [5, 5.41) is 0. The Labute approximate surface area is 110 Å². The summed E-state index contributed by atoms with van der Waals surface area (Å²) in [5.74, 6) is 1.98. The SMILES string of the molecule is Cn1c(CC2CCCC2Br)nc2ccccc21. The Balaban J connectivity index is 1.92. The van der Waals surface area contributed by atoms with Crippen molar-refractivity contribution in [3.63, 3.8) is 0 Å². The van der Waals surface area contributed by atoms with Gasteiger partial charge in [0.25, 0.3) is 0 Å². The molecule has 1 fully saturated rings. The molecule has 2 atom stereocenters. The molecule has 1 aliphatic carbocycles. The van der Waals surface area contributed by atoms with Crippen LogP contribution in [0, 0.1) is 5.92 Å². The second kappa shape index (κ2) is 4.45. The van der Waals surface area contributed by atoms with Crippen LogP contribution in [0.2, 0.25) is 0 Å². The molecule has 0 spiro atoms. The lowest BCUT2D eigenvalue weighted by molar-refractivity contribution is 0.537. The van der Waals surface area contributed by atoms with Crippen molar-refractivity contribution in [1.29, 1.82) is 0 Å². The zero-order valence-electron chi connectivity index (χ0n) is 10.1. The average molecular weight is 293 g/mol. The molecule has 1 aromatic heterocycles. The van der Waals surface area contributed by atoms with E-state index < -0.39 is 0 Å².